The number of ketones is 1. The number of nitrogens with zero attached hydrogens (tertiary/aromatic N) is 4. The largest absolute Gasteiger partial charge is 0.355 e. The second kappa shape index (κ2) is 10.9. The molecule has 0 aliphatic carbocycles. The number of benzene rings is 1. The second-order valence-electron chi connectivity index (χ2n) is 9.26. The Morgan fingerprint density at radius 3 is 2.49 bits per heavy atom. The lowest BCUT2D eigenvalue weighted by Crippen LogP contribution is -2.47. The van der Waals surface area contributed by atoms with E-state index in [9.17, 15) is 18.8 Å². The van der Waals surface area contributed by atoms with Crippen LogP contribution in [-0.2, 0) is 18.3 Å². The smallest absolute Gasteiger partial charge is 0.294 e. The number of aromatic nitrogens is 3. The van der Waals surface area contributed by atoms with Crippen LogP contribution in [0.25, 0.3) is 0 Å². The van der Waals surface area contributed by atoms with E-state index in [1.165, 1.54) is 12.1 Å². The third-order valence-electron chi connectivity index (χ3n) is 6.92. The molecule has 0 spiro atoms. The van der Waals surface area contributed by atoms with E-state index in [1.54, 1.807) is 37.7 Å². The van der Waals surface area contributed by atoms with Gasteiger partial charge in [-0.15, -0.1) is 5.10 Å². The molecule has 0 saturated carbocycles. The van der Waals surface area contributed by atoms with Gasteiger partial charge in [0.05, 0.1) is 11.3 Å². The number of hydrogen-bond donors (Lipinski definition) is 2. The Morgan fingerprint density at radius 2 is 1.86 bits per heavy atom. The van der Waals surface area contributed by atoms with E-state index in [2.05, 4.69) is 25.7 Å². The lowest BCUT2D eigenvalue weighted by atomic mass is 10.0. The van der Waals surface area contributed by atoms with Crippen molar-refractivity contribution in [3.63, 3.8) is 0 Å². The summed E-state index contributed by atoms with van der Waals surface area (Å²) in [5.41, 5.74) is 2.49. The molecule has 4 rings (SSSR count). The van der Waals surface area contributed by atoms with E-state index in [-0.39, 0.29) is 17.6 Å². The second-order valence-corrected chi connectivity index (χ2v) is 9.26. The zero-order valence-electron chi connectivity index (χ0n) is 21.5. The highest BCUT2D eigenvalue weighted by molar-refractivity contribution is 6.43. The number of hydrogen-bond acceptors (Lipinski definition) is 6. The molecule has 1 saturated heterocycles. The molecule has 2 N–H and O–H groups in total. The van der Waals surface area contributed by atoms with E-state index in [4.69, 9.17) is 0 Å². The van der Waals surface area contributed by atoms with Crippen molar-refractivity contribution >= 4 is 29.1 Å². The Morgan fingerprint density at radius 1 is 1.14 bits per heavy atom. The van der Waals surface area contributed by atoms with E-state index in [0.29, 0.717) is 60.4 Å². The highest BCUT2D eigenvalue weighted by Gasteiger charge is 2.31. The summed E-state index contributed by atoms with van der Waals surface area (Å²) in [6.07, 6.45) is 3.36. The van der Waals surface area contributed by atoms with Gasteiger partial charge in [0.2, 0.25) is 0 Å². The SMILES string of the molecule is CCc1c(C(=O)Nc2ccc(F)c(C)c2)c(C)n(C)c1C(=O)C(=O)NC1CCN(c2cccnn2)CC1. The minimum absolute atomic E-state index is 0.139. The van der Waals surface area contributed by atoms with Crippen LogP contribution in [0.1, 0.15) is 57.4 Å². The molecular formula is C27H31FN6O3. The molecule has 2 amide bonds. The summed E-state index contributed by atoms with van der Waals surface area (Å²) < 4.78 is 15.2. The van der Waals surface area contributed by atoms with Gasteiger partial charge in [0, 0.05) is 43.8 Å². The van der Waals surface area contributed by atoms with Crippen LogP contribution < -0.4 is 15.5 Å². The highest BCUT2D eigenvalue weighted by Crippen LogP contribution is 2.25. The number of rotatable bonds is 7. The summed E-state index contributed by atoms with van der Waals surface area (Å²) in [7, 11) is 1.67. The Hall–Kier alpha value is -4.08. The average Bonchev–Trinajstić information content (AvgIpc) is 3.16. The lowest BCUT2D eigenvalue weighted by Gasteiger charge is -2.32. The van der Waals surface area contributed by atoms with E-state index < -0.39 is 17.6 Å². The lowest BCUT2D eigenvalue weighted by molar-refractivity contribution is -0.117. The molecule has 9 nitrogen and oxygen atoms in total. The van der Waals surface area contributed by atoms with Gasteiger partial charge in [-0.05, 0) is 74.6 Å². The van der Waals surface area contributed by atoms with Gasteiger partial charge in [-0.1, -0.05) is 6.92 Å². The first kappa shape index (κ1) is 26.0. The number of aryl methyl sites for hydroxylation is 1. The first-order chi connectivity index (χ1) is 17.7. The summed E-state index contributed by atoms with van der Waals surface area (Å²) in [4.78, 5) is 41.6. The van der Waals surface area contributed by atoms with Gasteiger partial charge >= 0.3 is 0 Å². The van der Waals surface area contributed by atoms with Crippen molar-refractivity contribution in [2.45, 2.75) is 46.1 Å². The van der Waals surface area contributed by atoms with Crippen molar-refractivity contribution in [2.24, 2.45) is 7.05 Å². The predicted octanol–water partition coefficient (Wildman–Crippen LogP) is 3.35. The molecule has 0 atom stereocenters. The Bertz CT molecular complexity index is 1330. The van der Waals surface area contributed by atoms with Crippen LogP contribution in [0, 0.1) is 19.7 Å². The van der Waals surface area contributed by atoms with Crippen molar-refractivity contribution in [3.05, 3.63) is 70.4 Å². The van der Waals surface area contributed by atoms with Crippen LogP contribution in [0.2, 0.25) is 0 Å². The number of amides is 2. The molecule has 3 aromatic rings. The molecule has 10 heteroatoms. The zero-order valence-corrected chi connectivity index (χ0v) is 21.5. The maximum absolute atomic E-state index is 13.6. The fraction of sp³-hybridized carbons (Fsp3) is 0.370. The molecule has 3 heterocycles. The average molecular weight is 507 g/mol. The molecule has 1 aromatic carbocycles. The molecule has 1 aliphatic rings. The molecule has 2 aromatic heterocycles. The molecular weight excluding hydrogens is 475 g/mol. The fourth-order valence-electron chi connectivity index (χ4n) is 4.80. The monoisotopic (exact) mass is 506 g/mol. The van der Waals surface area contributed by atoms with Gasteiger partial charge in [0.1, 0.15) is 5.82 Å². The van der Waals surface area contributed by atoms with Gasteiger partial charge in [0.25, 0.3) is 17.6 Å². The van der Waals surface area contributed by atoms with E-state index >= 15 is 0 Å². The third kappa shape index (κ3) is 5.37. The van der Waals surface area contributed by atoms with Crippen molar-refractivity contribution in [2.75, 3.05) is 23.3 Å². The number of Topliss-reactive ketones (excluding diaryl/α,β-unsaturated/α-hetero) is 1. The first-order valence-electron chi connectivity index (χ1n) is 12.3. The van der Waals surface area contributed by atoms with Gasteiger partial charge in [0.15, 0.2) is 5.82 Å². The van der Waals surface area contributed by atoms with E-state index in [0.717, 1.165) is 5.82 Å². The standard InChI is InChI=1S/C27H31FN6O3/c1-5-20-23(26(36)31-19-8-9-21(28)16(2)15-19)17(3)33(4)24(20)25(35)27(37)30-18-10-13-34(14-11-18)22-7-6-12-29-32-22/h6-9,12,15,18H,5,10-11,13-14H2,1-4H3,(H,30,37)(H,31,36). The van der Waals surface area contributed by atoms with Crippen LogP contribution in [0.15, 0.2) is 36.5 Å². The van der Waals surface area contributed by atoms with Crippen LogP contribution in [0.3, 0.4) is 0 Å². The zero-order chi connectivity index (χ0) is 26.7. The third-order valence-corrected chi connectivity index (χ3v) is 6.92. The van der Waals surface area contributed by atoms with Crippen molar-refractivity contribution in [1.82, 2.24) is 20.1 Å². The van der Waals surface area contributed by atoms with Crippen molar-refractivity contribution in [3.8, 4) is 0 Å². The van der Waals surface area contributed by atoms with Gasteiger partial charge in [-0.25, -0.2) is 4.39 Å². The number of carbonyl (C=O) groups is 3. The Kier molecular flexibility index (Phi) is 7.66. The quantitative estimate of drug-likeness (QED) is 0.376. The maximum Gasteiger partial charge on any atom is 0.294 e. The van der Waals surface area contributed by atoms with Crippen molar-refractivity contribution < 1.29 is 18.8 Å². The number of piperidine rings is 1. The van der Waals surface area contributed by atoms with Crippen molar-refractivity contribution in [1.29, 1.82) is 0 Å². The predicted molar refractivity (Wildman–Crippen MR) is 138 cm³/mol. The molecule has 194 valence electrons. The van der Waals surface area contributed by atoms with Crippen LogP contribution >= 0.6 is 0 Å². The van der Waals surface area contributed by atoms with Crippen LogP contribution in [0.4, 0.5) is 15.9 Å². The normalized spacial score (nSPS) is 13.9. The summed E-state index contributed by atoms with van der Waals surface area (Å²) in [5.74, 6) is -1.34. The van der Waals surface area contributed by atoms with Gasteiger partial charge < -0.3 is 20.1 Å². The number of halogens is 1. The molecule has 1 aliphatic heterocycles. The minimum Gasteiger partial charge on any atom is -0.355 e. The molecule has 37 heavy (non-hydrogen) atoms. The molecule has 0 unspecified atom stereocenters. The summed E-state index contributed by atoms with van der Waals surface area (Å²) in [5, 5.41) is 13.7. The topological polar surface area (TPSA) is 109 Å². The van der Waals surface area contributed by atoms with Gasteiger partial charge in [-0.3, -0.25) is 14.4 Å². The number of carbonyl (C=O) groups excluding carboxylic acids is 3. The van der Waals surface area contributed by atoms with Gasteiger partial charge in [-0.2, -0.15) is 5.10 Å². The first-order valence-corrected chi connectivity index (χ1v) is 12.3. The molecule has 0 radical (unpaired) electrons. The Balaban J connectivity index is 1.47. The maximum atomic E-state index is 13.6. The minimum atomic E-state index is -0.686. The summed E-state index contributed by atoms with van der Waals surface area (Å²) in [6.45, 7) is 6.57. The van der Waals surface area contributed by atoms with Crippen LogP contribution in [-0.4, -0.2) is 51.5 Å². The van der Waals surface area contributed by atoms with E-state index in [1.807, 2.05) is 19.1 Å². The summed E-state index contributed by atoms with van der Waals surface area (Å²) in [6, 6.07) is 7.91. The Labute approximate surface area is 215 Å². The number of nitrogens with one attached hydrogen (secondary N) is 2. The highest BCUT2D eigenvalue weighted by atomic mass is 19.1. The van der Waals surface area contributed by atoms with Crippen LogP contribution in [0.5, 0.6) is 0 Å². The number of anilines is 2. The summed E-state index contributed by atoms with van der Waals surface area (Å²) >= 11 is 0. The fourth-order valence-corrected chi connectivity index (χ4v) is 4.80. The molecule has 1 fully saturated rings. The molecule has 0 bridgehead atoms.